The minimum Gasteiger partial charge on any atom is -0.376 e. The summed E-state index contributed by atoms with van der Waals surface area (Å²) < 4.78 is 0. The third-order valence-corrected chi connectivity index (χ3v) is 1.37. The molecule has 3 heteroatoms. The summed E-state index contributed by atoms with van der Waals surface area (Å²) in [6.45, 7) is 1.82. The van der Waals surface area contributed by atoms with Crippen molar-refractivity contribution in [2.24, 2.45) is 0 Å². The Morgan fingerprint density at radius 3 is 2.42 bits per heavy atom. The summed E-state index contributed by atoms with van der Waals surface area (Å²) in [6, 6.07) is 9.55. The van der Waals surface area contributed by atoms with Crippen LogP contribution >= 0.6 is 12.4 Å². The average molecular weight is 186 g/mol. The van der Waals surface area contributed by atoms with Crippen LogP contribution in [-0.4, -0.2) is 12.3 Å². The SMILES string of the molecule is CC(C=O)Nc1ccccc1.Cl. The fourth-order valence-corrected chi connectivity index (χ4v) is 0.831. The Labute approximate surface area is 78.4 Å². The van der Waals surface area contributed by atoms with Crippen molar-refractivity contribution in [2.75, 3.05) is 5.32 Å². The molecular formula is C9H12ClNO. The number of benzene rings is 1. The van der Waals surface area contributed by atoms with E-state index < -0.39 is 0 Å². The number of rotatable bonds is 3. The van der Waals surface area contributed by atoms with Crippen molar-refractivity contribution in [3.05, 3.63) is 30.3 Å². The van der Waals surface area contributed by atoms with Crippen LogP contribution in [0.1, 0.15) is 6.92 Å². The molecule has 0 radical (unpaired) electrons. The molecule has 0 aliphatic carbocycles. The summed E-state index contributed by atoms with van der Waals surface area (Å²) in [6.07, 6.45) is 0.882. The molecular weight excluding hydrogens is 174 g/mol. The van der Waals surface area contributed by atoms with E-state index in [9.17, 15) is 4.79 Å². The second kappa shape index (κ2) is 5.61. The van der Waals surface area contributed by atoms with Crippen LogP contribution in [0.15, 0.2) is 30.3 Å². The van der Waals surface area contributed by atoms with Crippen molar-refractivity contribution in [1.29, 1.82) is 0 Å². The number of hydrogen-bond donors (Lipinski definition) is 1. The summed E-state index contributed by atoms with van der Waals surface area (Å²) in [5.41, 5.74) is 0.979. The smallest absolute Gasteiger partial charge is 0.141 e. The molecule has 2 nitrogen and oxygen atoms in total. The second-order valence-corrected chi connectivity index (χ2v) is 2.44. The number of carbonyl (C=O) groups excluding carboxylic acids is 1. The van der Waals surface area contributed by atoms with Gasteiger partial charge in [0.1, 0.15) is 6.29 Å². The van der Waals surface area contributed by atoms with Gasteiger partial charge < -0.3 is 10.1 Å². The van der Waals surface area contributed by atoms with E-state index in [1.165, 1.54) is 0 Å². The zero-order chi connectivity index (χ0) is 8.10. The number of halogens is 1. The predicted octanol–water partition coefficient (Wildman–Crippen LogP) is 2.11. The van der Waals surface area contributed by atoms with E-state index in [0.29, 0.717) is 0 Å². The van der Waals surface area contributed by atoms with E-state index in [2.05, 4.69) is 5.32 Å². The summed E-state index contributed by atoms with van der Waals surface area (Å²) in [7, 11) is 0. The van der Waals surface area contributed by atoms with Gasteiger partial charge in [-0.25, -0.2) is 0 Å². The first-order valence-electron chi connectivity index (χ1n) is 3.60. The Bertz CT molecular complexity index is 225. The Balaban J connectivity index is 0.00000121. The third kappa shape index (κ3) is 3.39. The molecule has 0 aromatic heterocycles. The van der Waals surface area contributed by atoms with Crippen LogP contribution in [0.3, 0.4) is 0 Å². The maximum atomic E-state index is 10.2. The van der Waals surface area contributed by atoms with E-state index in [-0.39, 0.29) is 18.4 Å². The van der Waals surface area contributed by atoms with Gasteiger partial charge in [-0.15, -0.1) is 12.4 Å². The van der Waals surface area contributed by atoms with Crippen LogP contribution in [0.25, 0.3) is 0 Å². The van der Waals surface area contributed by atoms with E-state index in [0.717, 1.165) is 12.0 Å². The Kier molecular flexibility index (Phi) is 5.13. The van der Waals surface area contributed by atoms with Crippen molar-refractivity contribution in [2.45, 2.75) is 13.0 Å². The fourth-order valence-electron chi connectivity index (χ4n) is 0.831. The van der Waals surface area contributed by atoms with Crippen LogP contribution in [0.5, 0.6) is 0 Å². The summed E-state index contributed by atoms with van der Waals surface area (Å²) >= 11 is 0. The predicted molar refractivity (Wildman–Crippen MR) is 52.8 cm³/mol. The normalized spacial score (nSPS) is 11.1. The van der Waals surface area contributed by atoms with Crippen molar-refractivity contribution in [1.82, 2.24) is 0 Å². The van der Waals surface area contributed by atoms with Crippen molar-refractivity contribution >= 4 is 24.4 Å². The molecule has 0 bridgehead atoms. The van der Waals surface area contributed by atoms with Crippen molar-refractivity contribution in [3.8, 4) is 0 Å². The molecule has 0 saturated heterocycles. The van der Waals surface area contributed by atoms with Crippen LogP contribution < -0.4 is 5.32 Å². The van der Waals surface area contributed by atoms with E-state index in [1.54, 1.807) is 0 Å². The molecule has 0 fully saturated rings. The lowest BCUT2D eigenvalue weighted by Crippen LogP contribution is -2.15. The van der Waals surface area contributed by atoms with E-state index in [1.807, 2.05) is 37.3 Å². The largest absolute Gasteiger partial charge is 0.376 e. The molecule has 0 saturated carbocycles. The maximum absolute atomic E-state index is 10.2. The molecule has 0 aliphatic rings. The Hall–Kier alpha value is -1.02. The van der Waals surface area contributed by atoms with Gasteiger partial charge in [-0.3, -0.25) is 0 Å². The minimum absolute atomic E-state index is 0. The highest BCUT2D eigenvalue weighted by Crippen LogP contribution is 2.05. The van der Waals surface area contributed by atoms with Crippen LogP contribution in [0, 0.1) is 0 Å². The summed E-state index contributed by atoms with van der Waals surface area (Å²) in [5.74, 6) is 0. The molecule has 1 aromatic carbocycles. The minimum atomic E-state index is -0.114. The fraction of sp³-hybridized carbons (Fsp3) is 0.222. The molecule has 0 spiro atoms. The van der Waals surface area contributed by atoms with Gasteiger partial charge in [-0.2, -0.15) is 0 Å². The molecule has 1 rings (SSSR count). The number of nitrogens with one attached hydrogen (secondary N) is 1. The Morgan fingerprint density at radius 1 is 1.33 bits per heavy atom. The van der Waals surface area contributed by atoms with Gasteiger partial charge in [-0.1, -0.05) is 18.2 Å². The van der Waals surface area contributed by atoms with E-state index >= 15 is 0 Å². The lowest BCUT2D eigenvalue weighted by atomic mass is 10.3. The highest BCUT2D eigenvalue weighted by atomic mass is 35.5. The maximum Gasteiger partial charge on any atom is 0.141 e. The van der Waals surface area contributed by atoms with Crippen molar-refractivity contribution < 1.29 is 4.79 Å². The molecule has 1 aromatic rings. The van der Waals surface area contributed by atoms with Gasteiger partial charge in [0.2, 0.25) is 0 Å². The van der Waals surface area contributed by atoms with Gasteiger partial charge >= 0.3 is 0 Å². The van der Waals surface area contributed by atoms with Gasteiger partial charge in [0, 0.05) is 5.69 Å². The lowest BCUT2D eigenvalue weighted by Gasteiger charge is -2.07. The van der Waals surface area contributed by atoms with Crippen LogP contribution in [0.2, 0.25) is 0 Å². The highest BCUT2D eigenvalue weighted by Gasteiger charge is 1.96. The number of anilines is 1. The molecule has 1 unspecified atom stereocenters. The Morgan fingerprint density at radius 2 is 1.92 bits per heavy atom. The number of hydrogen-bond acceptors (Lipinski definition) is 2. The lowest BCUT2D eigenvalue weighted by molar-refractivity contribution is -0.108. The molecule has 1 N–H and O–H groups in total. The number of aldehydes is 1. The standard InChI is InChI=1S/C9H11NO.ClH/c1-8(7-11)10-9-5-3-2-4-6-9;/h2-8,10H,1H3;1H. The van der Waals surface area contributed by atoms with E-state index in [4.69, 9.17) is 0 Å². The molecule has 12 heavy (non-hydrogen) atoms. The second-order valence-electron chi connectivity index (χ2n) is 2.44. The van der Waals surface area contributed by atoms with Gasteiger partial charge in [0.05, 0.1) is 6.04 Å². The van der Waals surface area contributed by atoms with Gasteiger partial charge in [-0.05, 0) is 19.1 Å². The summed E-state index contributed by atoms with van der Waals surface area (Å²) in [4.78, 5) is 10.2. The molecule has 66 valence electrons. The van der Waals surface area contributed by atoms with Crippen LogP contribution in [0.4, 0.5) is 5.69 Å². The number of para-hydroxylation sites is 1. The first kappa shape index (κ1) is 11.0. The first-order chi connectivity index (χ1) is 5.33. The average Bonchev–Trinajstić information content (AvgIpc) is 2.06. The summed E-state index contributed by atoms with van der Waals surface area (Å²) in [5, 5.41) is 3.02. The van der Waals surface area contributed by atoms with Gasteiger partial charge in [0.15, 0.2) is 0 Å². The molecule has 1 atom stereocenters. The van der Waals surface area contributed by atoms with Crippen molar-refractivity contribution in [3.63, 3.8) is 0 Å². The first-order valence-corrected chi connectivity index (χ1v) is 3.60. The molecule has 0 aliphatic heterocycles. The molecule has 0 amide bonds. The van der Waals surface area contributed by atoms with Gasteiger partial charge in [0.25, 0.3) is 0 Å². The zero-order valence-corrected chi connectivity index (χ0v) is 7.67. The number of carbonyl (C=O) groups is 1. The zero-order valence-electron chi connectivity index (χ0n) is 6.86. The topological polar surface area (TPSA) is 29.1 Å². The van der Waals surface area contributed by atoms with Crippen LogP contribution in [-0.2, 0) is 4.79 Å². The third-order valence-electron chi connectivity index (χ3n) is 1.37. The molecule has 0 heterocycles. The quantitative estimate of drug-likeness (QED) is 0.731. The highest BCUT2D eigenvalue weighted by molar-refractivity contribution is 5.85. The monoisotopic (exact) mass is 185 g/mol.